The molecule has 0 spiro atoms. The van der Waals surface area contributed by atoms with E-state index in [2.05, 4.69) is 6.92 Å². The molecule has 0 rings (SSSR count). The Bertz CT molecular complexity index is 577. The lowest BCUT2D eigenvalue weighted by Gasteiger charge is -2.26. The van der Waals surface area contributed by atoms with Crippen LogP contribution in [-0.4, -0.2) is 60.0 Å². The maximum atomic E-state index is 10.7. The van der Waals surface area contributed by atoms with Gasteiger partial charge in [0, 0.05) is 0 Å². The molecule has 17 heavy (non-hydrogen) atoms. The van der Waals surface area contributed by atoms with Gasteiger partial charge in [-0.1, -0.05) is 0 Å². The van der Waals surface area contributed by atoms with Gasteiger partial charge in [-0.15, -0.1) is 0 Å². The monoisotopic (exact) mass is 313 g/mol. The highest BCUT2D eigenvalue weighted by Crippen LogP contribution is 2.23. The summed E-state index contributed by atoms with van der Waals surface area (Å²) in [5, 5.41) is 6.17. The summed E-state index contributed by atoms with van der Waals surface area (Å²) >= 11 is 0. The Morgan fingerprint density at radius 2 is 1.35 bits per heavy atom. The zero-order valence-corrected chi connectivity index (χ0v) is 10.4. The number of hydrogen-bond donors (Lipinski definition) is 4. The first-order valence-electron chi connectivity index (χ1n) is 3.55. The van der Waals surface area contributed by atoms with Gasteiger partial charge in [-0.25, -0.2) is 0 Å². The highest BCUT2D eigenvalue weighted by atomic mass is 32.2. The fraction of sp³-hybridized carbons (Fsp3) is 0.750. The number of hydrogen-bond acceptors (Lipinski definition) is 7. The lowest BCUT2D eigenvalue weighted by molar-refractivity contribution is 0.153. The summed E-state index contributed by atoms with van der Waals surface area (Å²) < 4.78 is 88.9. The Hall–Kier alpha value is -0.310. The number of aliphatic hydroxyl groups is 1. The van der Waals surface area contributed by atoms with Gasteiger partial charge in [0.15, 0.2) is 0 Å². The van der Waals surface area contributed by atoms with Crippen molar-refractivity contribution < 1.29 is 44.0 Å². The molecule has 0 aliphatic rings. The van der Waals surface area contributed by atoms with Crippen LogP contribution in [0, 0.1) is 6.92 Å². The van der Waals surface area contributed by atoms with E-state index in [1.807, 2.05) is 0 Å². The van der Waals surface area contributed by atoms with Crippen molar-refractivity contribution >= 4 is 30.4 Å². The van der Waals surface area contributed by atoms with Crippen molar-refractivity contribution in [2.24, 2.45) is 0 Å². The minimum atomic E-state index is -5.53. The molecule has 4 N–H and O–H groups in total. The zero-order chi connectivity index (χ0) is 14.3. The Morgan fingerprint density at radius 3 is 1.53 bits per heavy atom. The van der Waals surface area contributed by atoms with Crippen LogP contribution in [0.5, 0.6) is 0 Å². The Kier molecular flexibility index (Phi) is 4.34. The Labute approximate surface area is 97.5 Å². The molecule has 0 bridgehead atoms. The van der Waals surface area contributed by atoms with Crippen LogP contribution in [0.4, 0.5) is 0 Å². The lowest BCUT2D eigenvalue weighted by atomic mass is 10.3. The van der Waals surface area contributed by atoms with Crippen molar-refractivity contribution in [3.63, 3.8) is 0 Å². The van der Waals surface area contributed by atoms with E-state index in [4.69, 9.17) is 18.8 Å². The molecule has 103 valence electrons. The molecule has 0 aromatic rings. The second-order valence-corrected chi connectivity index (χ2v) is 7.83. The van der Waals surface area contributed by atoms with Gasteiger partial charge in [-0.05, 0) is 6.92 Å². The van der Waals surface area contributed by atoms with Crippen LogP contribution in [0.25, 0.3) is 0 Å². The predicted octanol–water partition coefficient (Wildman–Crippen LogP) is -2.46. The van der Waals surface area contributed by atoms with E-state index in [1.165, 1.54) is 0 Å². The highest BCUT2D eigenvalue weighted by Gasteiger charge is 2.52. The van der Waals surface area contributed by atoms with Crippen LogP contribution in [-0.2, 0) is 30.4 Å². The molecular formula is C4H9O10S3. The van der Waals surface area contributed by atoms with Gasteiger partial charge < -0.3 is 5.11 Å². The molecule has 0 amide bonds. The Morgan fingerprint density at radius 1 is 1.00 bits per heavy atom. The second-order valence-electron chi connectivity index (χ2n) is 3.07. The summed E-state index contributed by atoms with van der Waals surface area (Å²) in [4.78, 5) is -3.75. The molecule has 10 nitrogen and oxygen atoms in total. The molecule has 0 saturated carbocycles. The summed E-state index contributed by atoms with van der Waals surface area (Å²) in [5.41, 5.74) is 0. The largest absolute Gasteiger partial charge is 0.371 e. The average molecular weight is 313 g/mol. The van der Waals surface area contributed by atoms with Gasteiger partial charge in [-0.3, -0.25) is 13.7 Å². The quantitative estimate of drug-likeness (QED) is 0.397. The van der Waals surface area contributed by atoms with Crippen molar-refractivity contribution in [1.29, 1.82) is 0 Å². The fourth-order valence-corrected chi connectivity index (χ4v) is 4.38. The van der Waals surface area contributed by atoms with Crippen LogP contribution < -0.4 is 0 Å². The van der Waals surface area contributed by atoms with Gasteiger partial charge >= 0.3 is 0 Å². The standard InChI is InChI=1S/C4H9O10S3/c1-4(5,17(12,13)14)3(16(9,10)11)2-15(6,7)8/h3,5H,1-2H2,(H,6,7,8)(H,9,10,11)(H,12,13,14). The zero-order valence-electron chi connectivity index (χ0n) is 7.95. The first kappa shape index (κ1) is 16.7. The van der Waals surface area contributed by atoms with E-state index in [-0.39, 0.29) is 0 Å². The molecule has 1 radical (unpaired) electrons. The molecule has 2 unspecified atom stereocenters. The van der Waals surface area contributed by atoms with E-state index in [0.717, 1.165) is 0 Å². The summed E-state index contributed by atoms with van der Waals surface area (Å²) in [6, 6.07) is 0. The third-order valence-corrected chi connectivity index (χ3v) is 5.24. The normalized spacial score (nSPS) is 19.6. The SMILES string of the molecule is [CH2]C(O)(C(CS(=O)(=O)O)S(=O)(=O)O)S(=O)(=O)O. The van der Waals surface area contributed by atoms with Gasteiger partial charge in [-0.2, -0.15) is 25.3 Å². The van der Waals surface area contributed by atoms with Crippen molar-refractivity contribution in [3.8, 4) is 0 Å². The van der Waals surface area contributed by atoms with Crippen molar-refractivity contribution in [2.75, 3.05) is 5.75 Å². The fourth-order valence-electron chi connectivity index (χ4n) is 0.806. The van der Waals surface area contributed by atoms with Crippen LogP contribution in [0.15, 0.2) is 0 Å². The van der Waals surface area contributed by atoms with E-state index in [9.17, 15) is 25.3 Å². The minimum absolute atomic E-state index is 1.87. The van der Waals surface area contributed by atoms with E-state index in [0.29, 0.717) is 0 Å². The van der Waals surface area contributed by atoms with Crippen molar-refractivity contribution in [1.82, 2.24) is 0 Å². The summed E-state index contributed by atoms with van der Waals surface area (Å²) in [6.45, 7) is 2.40. The molecule has 0 aromatic heterocycles. The summed E-state index contributed by atoms with van der Waals surface area (Å²) in [5.74, 6) is -1.87. The van der Waals surface area contributed by atoms with E-state index < -0.39 is 46.3 Å². The first-order chi connectivity index (χ1) is 7.09. The van der Waals surface area contributed by atoms with Crippen molar-refractivity contribution in [3.05, 3.63) is 6.92 Å². The van der Waals surface area contributed by atoms with Crippen LogP contribution >= 0.6 is 0 Å². The Balaban J connectivity index is 5.86. The first-order valence-corrected chi connectivity index (χ1v) is 8.10. The highest BCUT2D eigenvalue weighted by molar-refractivity contribution is 7.92. The van der Waals surface area contributed by atoms with E-state index in [1.54, 1.807) is 0 Å². The predicted molar refractivity (Wildman–Crippen MR) is 53.6 cm³/mol. The lowest BCUT2D eigenvalue weighted by Crippen LogP contribution is -2.53. The molecule has 0 heterocycles. The maximum Gasteiger partial charge on any atom is 0.296 e. The molecule has 0 aliphatic heterocycles. The summed E-state index contributed by atoms with van der Waals surface area (Å²) in [7, 11) is -16.0. The number of rotatable bonds is 5. The molecule has 2 atom stereocenters. The molecule has 0 saturated heterocycles. The van der Waals surface area contributed by atoms with Gasteiger partial charge in [0.1, 0.15) is 5.25 Å². The molecule has 0 aromatic carbocycles. The third-order valence-electron chi connectivity index (χ3n) is 1.67. The second kappa shape index (κ2) is 4.42. The molecule has 0 aliphatic carbocycles. The van der Waals surface area contributed by atoms with Gasteiger partial charge in [0.25, 0.3) is 30.4 Å². The third kappa shape index (κ3) is 4.46. The van der Waals surface area contributed by atoms with Gasteiger partial charge in [0.05, 0.1) is 5.75 Å². The maximum absolute atomic E-state index is 10.7. The average Bonchev–Trinajstić information content (AvgIpc) is 1.93. The van der Waals surface area contributed by atoms with Crippen LogP contribution in [0.2, 0.25) is 0 Å². The van der Waals surface area contributed by atoms with Gasteiger partial charge in [0.2, 0.25) is 4.93 Å². The molecule has 0 fully saturated rings. The topological polar surface area (TPSA) is 183 Å². The van der Waals surface area contributed by atoms with Crippen LogP contribution in [0.1, 0.15) is 0 Å². The van der Waals surface area contributed by atoms with E-state index >= 15 is 0 Å². The van der Waals surface area contributed by atoms with Crippen molar-refractivity contribution in [2.45, 2.75) is 10.2 Å². The minimum Gasteiger partial charge on any atom is -0.371 e. The summed E-state index contributed by atoms with van der Waals surface area (Å²) in [6.07, 6.45) is 0. The van der Waals surface area contributed by atoms with Crippen LogP contribution in [0.3, 0.4) is 0 Å². The molecular weight excluding hydrogens is 304 g/mol. The smallest absolute Gasteiger partial charge is 0.296 e. The molecule has 13 heteroatoms.